The topological polar surface area (TPSA) is 63.0 Å². The van der Waals surface area contributed by atoms with E-state index >= 15 is 0 Å². The molecule has 146 valence electrons. The average Bonchev–Trinajstić information content (AvgIpc) is 3.29. The Hall–Kier alpha value is -2.64. The lowest BCUT2D eigenvalue weighted by molar-refractivity contribution is 0.0724. The van der Waals surface area contributed by atoms with E-state index in [-0.39, 0.29) is 17.1 Å². The minimum Gasteiger partial charge on any atom is -0.497 e. The molecule has 0 unspecified atom stereocenters. The van der Waals surface area contributed by atoms with E-state index in [9.17, 15) is 9.59 Å². The lowest BCUT2D eigenvalue weighted by atomic mass is 10.0. The Balaban J connectivity index is 1.85. The van der Waals surface area contributed by atoms with E-state index in [1.165, 1.54) is 0 Å². The largest absolute Gasteiger partial charge is 0.497 e. The van der Waals surface area contributed by atoms with E-state index in [0.717, 1.165) is 17.8 Å². The highest BCUT2D eigenvalue weighted by molar-refractivity contribution is 7.10. The summed E-state index contributed by atoms with van der Waals surface area (Å²) in [5.74, 6) is 0.502. The van der Waals surface area contributed by atoms with E-state index in [4.69, 9.17) is 9.15 Å². The van der Waals surface area contributed by atoms with Gasteiger partial charge in [0.2, 0.25) is 5.76 Å². The molecule has 0 N–H and O–H groups in total. The molecule has 3 aromatic rings. The van der Waals surface area contributed by atoms with E-state index in [0.29, 0.717) is 28.8 Å². The van der Waals surface area contributed by atoms with Crippen LogP contribution in [0.2, 0.25) is 0 Å². The zero-order valence-corrected chi connectivity index (χ0v) is 16.9. The van der Waals surface area contributed by atoms with Crippen molar-refractivity contribution in [2.24, 2.45) is 0 Å². The number of benzene rings is 1. The van der Waals surface area contributed by atoms with Gasteiger partial charge in [-0.1, -0.05) is 6.07 Å². The fraction of sp³-hybridized carbons (Fsp3) is 0.333. The van der Waals surface area contributed by atoms with Crippen LogP contribution in [0, 0.1) is 0 Å². The molecule has 1 amide bonds. The normalized spacial score (nSPS) is 16.2. The van der Waals surface area contributed by atoms with Gasteiger partial charge in [-0.3, -0.25) is 9.59 Å². The molecule has 1 aliphatic heterocycles. The van der Waals surface area contributed by atoms with Gasteiger partial charge in [0.15, 0.2) is 5.43 Å². The lowest BCUT2D eigenvalue weighted by Gasteiger charge is -2.24. The third kappa shape index (κ3) is 3.10. The van der Waals surface area contributed by atoms with Gasteiger partial charge in [0.05, 0.1) is 24.1 Å². The van der Waals surface area contributed by atoms with Crippen molar-refractivity contribution in [1.29, 1.82) is 0 Å². The molecule has 4 rings (SSSR count). The number of ether oxygens (including phenoxy) is 1. The number of carbonyl (C=O) groups excluding carboxylic acids is 1. The summed E-state index contributed by atoms with van der Waals surface area (Å²) >= 11 is 1.54. The van der Waals surface area contributed by atoms with Gasteiger partial charge in [0, 0.05) is 17.5 Å². The van der Waals surface area contributed by atoms with Crippen LogP contribution in [0.3, 0.4) is 0 Å². The quantitative estimate of drug-likeness (QED) is 0.637. The monoisotopic (exact) mass is 398 g/mol. The average molecular weight is 398 g/mol. The number of hydrogen-bond acceptors (Lipinski definition) is 6. The molecule has 0 saturated carbocycles. The summed E-state index contributed by atoms with van der Waals surface area (Å²) in [6.45, 7) is 1.42. The summed E-state index contributed by atoms with van der Waals surface area (Å²) in [5, 5.41) is 2.42. The molecular weight excluding hydrogens is 376 g/mol. The second-order valence-corrected chi connectivity index (χ2v) is 8.09. The van der Waals surface area contributed by atoms with E-state index in [1.54, 1.807) is 41.5 Å². The molecule has 6 nitrogen and oxygen atoms in total. The van der Waals surface area contributed by atoms with Crippen molar-refractivity contribution in [1.82, 2.24) is 9.80 Å². The van der Waals surface area contributed by atoms with Gasteiger partial charge >= 0.3 is 0 Å². The van der Waals surface area contributed by atoms with Gasteiger partial charge in [0.1, 0.15) is 11.3 Å². The maximum absolute atomic E-state index is 13.3. The standard InChI is InChI=1S/C21H22N2O4S/c1-22(2)9-5-10-23-18(16-6-4-11-28-16)17-19(24)14-8-7-13(26-3)12-15(14)27-20(17)21(23)25/h4,6-8,11-12,18H,5,9-10H2,1-3H3/t18-/m0/s1. The minimum atomic E-state index is -0.396. The Morgan fingerprint density at radius 1 is 1.25 bits per heavy atom. The summed E-state index contributed by atoms with van der Waals surface area (Å²) in [5.41, 5.74) is 0.659. The van der Waals surface area contributed by atoms with Crippen LogP contribution in [0.15, 0.2) is 44.9 Å². The van der Waals surface area contributed by atoms with Crippen LogP contribution in [0.25, 0.3) is 11.0 Å². The fourth-order valence-electron chi connectivity index (χ4n) is 3.66. The number of nitrogens with zero attached hydrogens (tertiary/aromatic N) is 2. The second-order valence-electron chi connectivity index (χ2n) is 7.11. The molecule has 1 atom stereocenters. The molecule has 0 bridgehead atoms. The number of fused-ring (bicyclic) bond motifs is 2. The van der Waals surface area contributed by atoms with Crippen molar-refractivity contribution in [3.63, 3.8) is 0 Å². The van der Waals surface area contributed by atoms with Crippen LogP contribution in [-0.2, 0) is 0 Å². The number of hydrogen-bond donors (Lipinski definition) is 0. The molecule has 1 aliphatic rings. The third-order valence-electron chi connectivity index (χ3n) is 4.99. The molecule has 0 fully saturated rings. The van der Waals surface area contributed by atoms with Crippen LogP contribution in [-0.4, -0.2) is 50.0 Å². The molecule has 0 aliphatic carbocycles. The summed E-state index contributed by atoms with van der Waals surface area (Å²) in [6, 6.07) is 8.59. The first-order chi connectivity index (χ1) is 13.5. The zero-order valence-electron chi connectivity index (χ0n) is 16.1. The number of methoxy groups -OCH3 is 1. The van der Waals surface area contributed by atoms with Crippen LogP contribution in [0.5, 0.6) is 5.75 Å². The maximum Gasteiger partial charge on any atom is 0.290 e. The van der Waals surface area contributed by atoms with Crippen molar-refractivity contribution in [2.45, 2.75) is 12.5 Å². The first-order valence-corrected chi connectivity index (χ1v) is 10.0. The van der Waals surface area contributed by atoms with Crippen LogP contribution in [0.4, 0.5) is 0 Å². The number of carbonyl (C=O) groups is 1. The van der Waals surface area contributed by atoms with Crippen molar-refractivity contribution in [3.8, 4) is 5.75 Å². The molecule has 1 aromatic carbocycles. The second kappa shape index (κ2) is 7.41. The summed E-state index contributed by atoms with van der Waals surface area (Å²) in [6.07, 6.45) is 0.816. The van der Waals surface area contributed by atoms with Gasteiger partial charge < -0.3 is 19.0 Å². The van der Waals surface area contributed by atoms with E-state index in [1.807, 2.05) is 31.6 Å². The van der Waals surface area contributed by atoms with Gasteiger partial charge in [0.25, 0.3) is 5.91 Å². The summed E-state index contributed by atoms with van der Waals surface area (Å²) in [7, 11) is 5.56. The van der Waals surface area contributed by atoms with Gasteiger partial charge in [-0.2, -0.15) is 0 Å². The predicted octanol–water partition coefficient (Wildman–Crippen LogP) is 3.36. The Labute approximate surface area is 166 Å². The number of rotatable bonds is 6. The van der Waals surface area contributed by atoms with Crippen LogP contribution >= 0.6 is 11.3 Å². The number of amides is 1. The Morgan fingerprint density at radius 3 is 2.75 bits per heavy atom. The van der Waals surface area contributed by atoms with Gasteiger partial charge in [-0.15, -0.1) is 11.3 Å². The highest BCUT2D eigenvalue weighted by atomic mass is 32.1. The van der Waals surface area contributed by atoms with Gasteiger partial charge in [-0.05, 0) is 50.6 Å². The van der Waals surface area contributed by atoms with E-state index in [2.05, 4.69) is 4.90 Å². The van der Waals surface area contributed by atoms with Crippen LogP contribution < -0.4 is 10.2 Å². The molecule has 3 heterocycles. The molecule has 7 heteroatoms. The molecule has 0 saturated heterocycles. The Kier molecular flexibility index (Phi) is 4.95. The highest BCUT2D eigenvalue weighted by Gasteiger charge is 2.42. The van der Waals surface area contributed by atoms with Crippen molar-refractivity contribution in [2.75, 3.05) is 34.3 Å². The van der Waals surface area contributed by atoms with Crippen LogP contribution in [0.1, 0.15) is 33.5 Å². The lowest BCUT2D eigenvalue weighted by Crippen LogP contribution is -2.31. The smallest absolute Gasteiger partial charge is 0.290 e. The summed E-state index contributed by atoms with van der Waals surface area (Å²) in [4.78, 5) is 31.3. The third-order valence-corrected chi connectivity index (χ3v) is 5.92. The SMILES string of the molecule is COc1ccc2c(=O)c3c(oc2c1)C(=O)N(CCCN(C)C)[C@H]3c1cccs1. The van der Waals surface area contributed by atoms with Crippen molar-refractivity contribution < 1.29 is 13.9 Å². The fourth-order valence-corrected chi connectivity index (χ4v) is 4.50. The first kappa shape index (κ1) is 18.7. The maximum atomic E-state index is 13.3. The first-order valence-electron chi connectivity index (χ1n) is 9.15. The molecular formula is C21H22N2O4S. The predicted molar refractivity (Wildman–Crippen MR) is 109 cm³/mol. The number of thiophene rings is 1. The van der Waals surface area contributed by atoms with Gasteiger partial charge in [-0.25, -0.2) is 0 Å². The Bertz CT molecular complexity index is 1070. The minimum absolute atomic E-state index is 0.147. The zero-order chi connectivity index (χ0) is 19.8. The molecule has 28 heavy (non-hydrogen) atoms. The van der Waals surface area contributed by atoms with E-state index < -0.39 is 6.04 Å². The molecule has 0 radical (unpaired) electrons. The summed E-state index contributed by atoms with van der Waals surface area (Å²) < 4.78 is 11.2. The highest BCUT2D eigenvalue weighted by Crippen LogP contribution is 2.40. The van der Waals surface area contributed by atoms with Crippen molar-refractivity contribution >= 4 is 28.2 Å². The Morgan fingerprint density at radius 2 is 2.07 bits per heavy atom. The van der Waals surface area contributed by atoms with Crippen molar-refractivity contribution in [3.05, 3.63) is 62.1 Å². The molecule has 0 spiro atoms. The molecule has 2 aromatic heterocycles.